The summed E-state index contributed by atoms with van der Waals surface area (Å²) >= 11 is 64.7. The molecule has 510 valence electrons. The van der Waals surface area contributed by atoms with Gasteiger partial charge in [0.05, 0.1) is 58.7 Å². The first-order chi connectivity index (χ1) is 47.4. The second-order valence-corrected chi connectivity index (χ2v) is 31.9. The van der Waals surface area contributed by atoms with Crippen LogP contribution >= 0.6 is 125 Å². The summed E-state index contributed by atoms with van der Waals surface area (Å²) < 4.78 is 3.21. The largest absolute Gasteiger partial charge is 0.494 e. The number of amides is 2. The zero-order chi connectivity index (χ0) is 69.1. The lowest BCUT2D eigenvalue weighted by atomic mass is 9.84. The summed E-state index contributed by atoms with van der Waals surface area (Å²) in [6.45, 7) is 8.83. The first-order valence-corrected chi connectivity index (χ1v) is 39.6. The van der Waals surface area contributed by atoms with Crippen molar-refractivity contribution in [3.8, 4) is 5.88 Å². The quantitative estimate of drug-likeness (QED) is 0.0243. The highest BCUT2D eigenvalue weighted by Gasteiger charge is 2.40. The Morgan fingerprint density at radius 1 is 0.388 bits per heavy atom. The minimum absolute atomic E-state index is 0.0585. The Morgan fingerprint density at radius 2 is 0.765 bits per heavy atom. The van der Waals surface area contributed by atoms with E-state index in [1.807, 2.05) is 48.5 Å². The van der Waals surface area contributed by atoms with E-state index in [2.05, 4.69) is 64.5 Å². The van der Waals surface area contributed by atoms with Crippen LogP contribution in [0.3, 0.4) is 0 Å². The number of para-hydroxylation sites is 2. The third kappa shape index (κ3) is 12.6. The maximum atomic E-state index is 14.7. The number of nitrogens with one attached hydrogen (secondary N) is 1. The normalized spacial score (nSPS) is 13.0. The number of hydrogen-bond donors (Lipinski definition) is 2. The number of halogens is 10. The van der Waals surface area contributed by atoms with Crippen LogP contribution in [0.1, 0.15) is 209 Å². The second kappa shape index (κ2) is 30.2. The van der Waals surface area contributed by atoms with Crippen LogP contribution in [0.15, 0.2) is 86.5 Å². The molecule has 0 fully saturated rings. The zero-order valence-electron chi connectivity index (χ0n) is 55.3. The highest BCUT2D eigenvalue weighted by atomic mass is 79.9. The summed E-state index contributed by atoms with van der Waals surface area (Å²) in [7, 11) is 0. The van der Waals surface area contributed by atoms with Crippen LogP contribution in [0.5, 0.6) is 5.88 Å². The fourth-order valence-corrected chi connectivity index (χ4v) is 20.3. The molecule has 1 aliphatic rings. The number of pyridine rings is 1. The Labute approximate surface area is 627 Å². The van der Waals surface area contributed by atoms with E-state index in [4.69, 9.17) is 97.8 Å². The number of fused-ring (bicyclic) bond motifs is 5. The average Bonchev–Trinajstić information content (AvgIpc) is 0.763. The Morgan fingerprint density at radius 3 is 1.24 bits per heavy atom. The molecule has 2 N–H and O–H groups in total. The fraction of sp³-hybridized carbons (Fsp3) is 0.375. The van der Waals surface area contributed by atoms with Crippen LogP contribution in [0.2, 0.25) is 40.2 Å². The molecular weight excluding hydrogens is 1520 g/mol. The van der Waals surface area contributed by atoms with Crippen LogP contribution in [0, 0.1) is 0 Å². The number of carbonyl (C=O) groups excluding carboxylic acids is 2. The minimum atomic E-state index is -0.300. The molecule has 0 spiro atoms. The zero-order valence-corrected chi connectivity index (χ0v) is 64.6. The van der Waals surface area contributed by atoms with Crippen molar-refractivity contribution >= 4 is 256 Å². The van der Waals surface area contributed by atoms with E-state index in [1.54, 1.807) is 28.8 Å². The first kappa shape index (κ1) is 71.6. The van der Waals surface area contributed by atoms with Crippen molar-refractivity contribution in [3.05, 3.63) is 143 Å². The predicted octanol–water partition coefficient (Wildman–Crippen LogP) is 29.2. The summed E-state index contributed by atoms with van der Waals surface area (Å²) in [5.41, 5.74) is 3.70. The number of unbranched alkanes of at least 4 members (excludes halogenated alkanes) is 16. The maximum Gasteiger partial charge on any atom is 0.261 e. The number of carbonyl (C=O) groups is 2. The Bertz CT molecular complexity index is 5140. The molecule has 11 aromatic carbocycles. The molecule has 2 aromatic heterocycles. The van der Waals surface area contributed by atoms with Gasteiger partial charge in [-0.2, -0.15) is 0 Å². The highest BCUT2D eigenvalue weighted by molar-refractivity contribution is 9.11. The number of aromatic nitrogens is 3. The fourth-order valence-electron chi connectivity index (χ4n) is 16.1. The van der Waals surface area contributed by atoms with Crippen LogP contribution in [0.25, 0.3) is 119 Å². The highest BCUT2D eigenvalue weighted by Crippen LogP contribution is 2.57. The van der Waals surface area contributed by atoms with Gasteiger partial charge in [-0.1, -0.05) is 293 Å². The van der Waals surface area contributed by atoms with Gasteiger partial charge in [0.1, 0.15) is 0 Å². The van der Waals surface area contributed by atoms with Gasteiger partial charge in [0.2, 0.25) is 5.88 Å². The van der Waals surface area contributed by atoms with Crippen molar-refractivity contribution in [1.82, 2.24) is 19.4 Å². The van der Waals surface area contributed by atoms with E-state index in [0.29, 0.717) is 132 Å². The topological polar surface area (TPSA) is 108 Å². The lowest BCUT2D eigenvalue weighted by Crippen LogP contribution is -2.47. The minimum Gasteiger partial charge on any atom is -0.494 e. The van der Waals surface area contributed by atoms with Crippen molar-refractivity contribution in [3.63, 3.8) is 0 Å². The van der Waals surface area contributed by atoms with Crippen LogP contribution in [0.4, 0.5) is 0 Å². The Kier molecular flexibility index (Phi) is 22.1. The monoisotopic (exact) mass is 1590 g/mol. The molecule has 1 aliphatic heterocycles. The van der Waals surface area contributed by atoms with E-state index in [1.165, 1.54) is 69.1 Å². The van der Waals surface area contributed by atoms with Crippen molar-refractivity contribution in [1.29, 1.82) is 0 Å². The molecule has 8 nitrogen and oxygen atoms in total. The van der Waals surface area contributed by atoms with Gasteiger partial charge in [0.15, 0.2) is 0 Å². The van der Waals surface area contributed by atoms with Gasteiger partial charge >= 0.3 is 0 Å². The predicted molar refractivity (Wildman–Crippen MR) is 428 cm³/mol. The van der Waals surface area contributed by atoms with Gasteiger partial charge in [-0.15, -0.1) is 0 Å². The molecule has 0 bridgehead atoms. The first-order valence-electron chi connectivity index (χ1n) is 35.0. The summed E-state index contributed by atoms with van der Waals surface area (Å²) in [4.78, 5) is 53.8. The van der Waals surface area contributed by atoms with Gasteiger partial charge in [-0.05, 0) is 86.3 Å². The van der Waals surface area contributed by atoms with Crippen LogP contribution < -0.4 is 5.56 Å². The smallest absolute Gasteiger partial charge is 0.261 e. The summed E-state index contributed by atoms with van der Waals surface area (Å²) in [5.74, 6) is -0.658. The molecule has 0 saturated heterocycles. The Hall–Kier alpha value is -4.82. The number of hydrogen-bond acceptors (Lipinski definition) is 5. The molecule has 0 atom stereocenters. The summed E-state index contributed by atoms with van der Waals surface area (Å²) in [5, 5.41) is 27.8. The van der Waals surface area contributed by atoms with Crippen molar-refractivity contribution in [2.45, 2.75) is 194 Å². The van der Waals surface area contributed by atoms with E-state index < -0.39 is 0 Å². The van der Waals surface area contributed by atoms with Crippen molar-refractivity contribution < 1.29 is 14.7 Å². The average molecular weight is 1600 g/mol. The number of rotatable bonds is 26. The Balaban J connectivity index is 0.000000178. The number of H-pyrrole nitrogens is 1. The lowest BCUT2D eigenvalue weighted by molar-refractivity contribution is 0.0517. The number of benzene rings is 11. The molecule has 13 aromatic rings. The third-order valence-corrected chi connectivity index (χ3v) is 24.3. The molecule has 0 radical (unpaired) electrons. The van der Waals surface area contributed by atoms with Gasteiger partial charge in [0.25, 0.3) is 17.4 Å². The summed E-state index contributed by atoms with van der Waals surface area (Å²) in [6, 6.07) is 21.9. The molecule has 3 heterocycles. The van der Waals surface area contributed by atoms with Crippen molar-refractivity contribution in [2.75, 3.05) is 0 Å². The molecule has 0 unspecified atom stereocenters. The van der Waals surface area contributed by atoms with Crippen LogP contribution in [-0.4, -0.2) is 42.4 Å². The van der Waals surface area contributed by atoms with E-state index in [-0.39, 0.29) is 35.3 Å². The molecule has 2 amide bonds. The van der Waals surface area contributed by atoms with Crippen molar-refractivity contribution in [2.24, 2.45) is 0 Å². The lowest BCUT2D eigenvalue weighted by Gasteiger charge is -2.35. The summed E-state index contributed by atoms with van der Waals surface area (Å²) in [6.07, 6.45) is 25.6. The molecule has 0 saturated carbocycles. The van der Waals surface area contributed by atoms with Gasteiger partial charge in [0, 0.05) is 133 Å². The van der Waals surface area contributed by atoms with Gasteiger partial charge < -0.3 is 10.1 Å². The number of nitrogens with zero attached hydrogens (tertiary/aromatic N) is 3. The van der Waals surface area contributed by atoms with Gasteiger partial charge in [-0.25, -0.2) is 4.98 Å². The van der Waals surface area contributed by atoms with E-state index in [0.717, 1.165) is 137 Å². The number of imide groups is 1. The standard InChI is InChI=1S/C43H41Cl4N3O2.C37H35Br2Cl4NO2/c1-3-5-7-9-11-15-23(16-12-10-8-6-4-2)50-42(51)24-19-26(44)35-37-28(46)21-32-39-33(49-31-18-14-13-17-30(31)48-32)22-29(47)38(41(37)39)36-27(45)20-25(43(50)52)34(24)40(35)36;1-3-5-7-9-11-13-19(14-12-10-8-6-4-2)44-36(45)20-15-24(40)30-32-26(42)17-22(38)29-23(39)18-27(43)33(35(29)32)31-25(41)16-21(37(44)46)28(20)34(30)31/h13-14,17-23,48,52H,3-12,15-16H2,1-2H3;15-19H,3-14H2,1-2H3. The molecular formula is C80H76Br2Cl8N4O4. The molecule has 0 aliphatic carbocycles. The van der Waals surface area contributed by atoms with Gasteiger partial charge in [-0.3, -0.25) is 23.9 Å². The molecule has 14 rings (SSSR count). The SMILES string of the molecule is CCCCCCCC(CCCCCCC)N1C(=O)c2cc(Cl)c3c4c(Cl)cc(Br)c5c(Br)cc(Cl)c(c6c(Cl)cc(c2c36)C1=O)c54.CCCCCCCC(CCCCCCC)n1c(O)c2cc(Cl)c3c4c(Cl)cc5nc6ccccc6[nH]c6cc(Cl)c(c7c(Cl)cc(c1=O)c2c37)c4c56. The third-order valence-electron chi connectivity index (χ3n) is 20.6. The second-order valence-electron chi connectivity index (χ2n) is 26.9. The number of aromatic hydroxyl groups is 1. The molecule has 18 heteroatoms. The maximum absolute atomic E-state index is 14.7. The van der Waals surface area contributed by atoms with E-state index in [9.17, 15) is 19.5 Å². The van der Waals surface area contributed by atoms with E-state index >= 15 is 0 Å². The van der Waals surface area contributed by atoms with Crippen LogP contribution in [-0.2, 0) is 0 Å². The molecule has 98 heavy (non-hydrogen) atoms. The number of aromatic amines is 1.